The molecule has 0 bridgehead atoms. The van der Waals surface area contributed by atoms with Gasteiger partial charge < -0.3 is 10.4 Å². The van der Waals surface area contributed by atoms with Crippen molar-refractivity contribution < 1.29 is 14.3 Å². The van der Waals surface area contributed by atoms with E-state index in [1.54, 1.807) is 30.3 Å². The second kappa shape index (κ2) is 5.95. The summed E-state index contributed by atoms with van der Waals surface area (Å²) >= 11 is 3.15. The zero-order valence-electron chi connectivity index (χ0n) is 9.86. The van der Waals surface area contributed by atoms with Gasteiger partial charge in [-0.3, -0.25) is 4.79 Å². The van der Waals surface area contributed by atoms with E-state index in [-0.39, 0.29) is 12.3 Å². The van der Waals surface area contributed by atoms with Crippen LogP contribution >= 0.6 is 15.9 Å². The summed E-state index contributed by atoms with van der Waals surface area (Å²) in [5, 5.41) is 11.4. The van der Waals surface area contributed by atoms with E-state index in [4.69, 9.17) is 5.11 Å². The fraction of sp³-hybridized carbons (Fsp3) is 0.0714. The highest BCUT2D eigenvalue weighted by Crippen LogP contribution is 2.20. The van der Waals surface area contributed by atoms with Crippen molar-refractivity contribution in [3.63, 3.8) is 0 Å². The number of aliphatic hydroxyl groups excluding tert-OH is 1. The van der Waals surface area contributed by atoms with Gasteiger partial charge in [0, 0.05) is 10.0 Å². The molecule has 0 saturated carbocycles. The average Bonchev–Trinajstić information content (AvgIpc) is 2.42. The van der Waals surface area contributed by atoms with Gasteiger partial charge in [0.2, 0.25) is 0 Å². The summed E-state index contributed by atoms with van der Waals surface area (Å²) in [5.74, 6) is -0.902. The number of anilines is 1. The lowest BCUT2D eigenvalue weighted by molar-refractivity contribution is 0.102. The third-order valence-corrected chi connectivity index (χ3v) is 3.07. The van der Waals surface area contributed by atoms with Crippen LogP contribution in [-0.4, -0.2) is 11.0 Å². The smallest absolute Gasteiger partial charge is 0.255 e. The number of rotatable bonds is 3. The van der Waals surface area contributed by atoms with Gasteiger partial charge in [0.25, 0.3) is 5.91 Å². The van der Waals surface area contributed by atoms with Gasteiger partial charge in [0.05, 0.1) is 12.3 Å². The summed E-state index contributed by atoms with van der Waals surface area (Å²) in [7, 11) is 0. The van der Waals surface area contributed by atoms with E-state index in [9.17, 15) is 9.18 Å². The molecule has 98 valence electrons. The standard InChI is InChI=1S/C14H11BrFNO2/c15-11-5-6-13(12(16)7-11)17-14(19)10-3-1-9(8-18)2-4-10/h1-7,18H,8H2,(H,17,19). The van der Waals surface area contributed by atoms with E-state index in [2.05, 4.69) is 21.2 Å². The maximum Gasteiger partial charge on any atom is 0.255 e. The number of nitrogens with one attached hydrogen (secondary N) is 1. The van der Waals surface area contributed by atoms with Crippen LogP contribution in [0.3, 0.4) is 0 Å². The van der Waals surface area contributed by atoms with Crippen molar-refractivity contribution >= 4 is 27.5 Å². The zero-order valence-corrected chi connectivity index (χ0v) is 11.4. The minimum absolute atomic E-state index is 0.0801. The molecule has 3 nitrogen and oxygen atoms in total. The maximum atomic E-state index is 13.6. The average molecular weight is 324 g/mol. The Morgan fingerprint density at radius 2 is 1.89 bits per heavy atom. The van der Waals surface area contributed by atoms with Crippen LogP contribution in [0.25, 0.3) is 0 Å². The van der Waals surface area contributed by atoms with Gasteiger partial charge in [-0.15, -0.1) is 0 Å². The molecule has 2 aromatic rings. The minimum Gasteiger partial charge on any atom is -0.392 e. The number of benzene rings is 2. The van der Waals surface area contributed by atoms with Crippen LogP contribution in [0.15, 0.2) is 46.9 Å². The SMILES string of the molecule is O=C(Nc1ccc(Br)cc1F)c1ccc(CO)cc1. The molecule has 0 spiro atoms. The molecule has 5 heteroatoms. The molecule has 0 aliphatic heterocycles. The normalized spacial score (nSPS) is 10.3. The molecule has 2 aromatic carbocycles. The third-order valence-electron chi connectivity index (χ3n) is 2.58. The van der Waals surface area contributed by atoms with Crippen LogP contribution in [0.5, 0.6) is 0 Å². The van der Waals surface area contributed by atoms with Crippen molar-refractivity contribution in [2.75, 3.05) is 5.32 Å². The molecule has 0 atom stereocenters. The van der Waals surface area contributed by atoms with Crippen molar-refractivity contribution in [2.24, 2.45) is 0 Å². The van der Waals surface area contributed by atoms with Crippen molar-refractivity contribution in [1.29, 1.82) is 0 Å². The lowest BCUT2D eigenvalue weighted by Gasteiger charge is -2.07. The first-order chi connectivity index (χ1) is 9.10. The second-order valence-corrected chi connectivity index (χ2v) is 4.85. The monoisotopic (exact) mass is 323 g/mol. The number of carbonyl (C=O) groups is 1. The summed E-state index contributed by atoms with van der Waals surface area (Å²) in [6, 6.07) is 10.9. The van der Waals surface area contributed by atoms with Crippen molar-refractivity contribution in [2.45, 2.75) is 6.61 Å². The molecule has 19 heavy (non-hydrogen) atoms. The first-order valence-corrected chi connectivity index (χ1v) is 6.35. The van der Waals surface area contributed by atoms with Crippen molar-refractivity contribution in [3.05, 3.63) is 63.9 Å². The maximum absolute atomic E-state index is 13.6. The van der Waals surface area contributed by atoms with Crippen molar-refractivity contribution in [3.8, 4) is 0 Å². The molecule has 2 N–H and O–H groups in total. The summed E-state index contributed by atoms with van der Waals surface area (Å²) < 4.78 is 14.2. The molecule has 0 fully saturated rings. The molecule has 0 saturated heterocycles. The lowest BCUT2D eigenvalue weighted by atomic mass is 10.1. The highest BCUT2D eigenvalue weighted by atomic mass is 79.9. The van der Waals surface area contributed by atoms with Gasteiger partial charge in [0.15, 0.2) is 0 Å². The predicted octanol–water partition coefficient (Wildman–Crippen LogP) is 3.33. The summed E-state index contributed by atoms with van der Waals surface area (Å²) in [6.45, 7) is -0.0801. The molecule has 0 radical (unpaired) electrons. The number of halogens is 2. The Hall–Kier alpha value is -1.72. The van der Waals surface area contributed by atoms with E-state index in [1.807, 2.05) is 0 Å². The summed E-state index contributed by atoms with van der Waals surface area (Å²) in [5.41, 5.74) is 1.24. The summed E-state index contributed by atoms with van der Waals surface area (Å²) in [4.78, 5) is 11.9. The molecule has 2 rings (SSSR count). The Morgan fingerprint density at radius 3 is 2.47 bits per heavy atom. The van der Waals surface area contributed by atoms with E-state index in [1.165, 1.54) is 12.1 Å². The van der Waals surface area contributed by atoms with E-state index < -0.39 is 11.7 Å². The molecule has 0 heterocycles. The molecule has 0 aliphatic rings. The molecule has 0 unspecified atom stereocenters. The number of amides is 1. The van der Waals surface area contributed by atoms with Gasteiger partial charge in [-0.2, -0.15) is 0 Å². The van der Waals surface area contributed by atoms with E-state index in [0.29, 0.717) is 15.6 Å². The van der Waals surface area contributed by atoms with Crippen LogP contribution in [0.2, 0.25) is 0 Å². The van der Waals surface area contributed by atoms with Crippen LogP contribution in [-0.2, 0) is 6.61 Å². The van der Waals surface area contributed by atoms with Gasteiger partial charge >= 0.3 is 0 Å². The highest BCUT2D eigenvalue weighted by Gasteiger charge is 2.09. The minimum atomic E-state index is -0.505. The van der Waals surface area contributed by atoms with E-state index >= 15 is 0 Å². The zero-order chi connectivity index (χ0) is 13.8. The highest BCUT2D eigenvalue weighted by molar-refractivity contribution is 9.10. The van der Waals surface area contributed by atoms with Gasteiger partial charge in [-0.25, -0.2) is 4.39 Å². The van der Waals surface area contributed by atoms with Gasteiger partial charge in [-0.1, -0.05) is 28.1 Å². The fourth-order valence-corrected chi connectivity index (χ4v) is 1.88. The topological polar surface area (TPSA) is 49.3 Å². The molecule has 0 aromatic heterocycles. The molecular formula is C14H11BrFNO2. The third kappa shape index (κ3) is 3.39. The molecule has 0 aliphatic carbocycles. The first kappa shape index (κ1) is 13.7. The Balaban J connectivity index is 2.15. The number of aliphatic hydroxyl groups is 1. The number of hydrogen-bond donors (Lipinski definition) is 2. The quantitative estimate of drug-likeness (QED) is 0.910. The number of hydrogen-bond acceptors (Lipinski definition) is 2. The number of carbonyl (C=O) groups excluding carboxylic acids is 1. The molecule has 1 amide bonds. The Labute approximate surface area is 118 Å². The fourth-order valence-electron chi connectivity index (χ4n) is 1.55. The largest absolute Gasteiger partial charge is 0.392 e. The van der Waals surface area contributed by atoms with Gasteiger partial charge in [-0.05, 0) is 35.9 Å². The molecular weight excluding hydrogens is 313 g/mol. The Morgan fingerprint density at radius 1 is 1.21 bits per heavy atom. The Kier molecular flexibility index (Phi) is 4.29. The van der Waals surface area contributed by atoms with Crippen molar-refractivity contribution in [1.82, 2.24) is 0 Å². The lowest BCUT2D eigenvalue weighted by Crippen LogP contribution is -2.13. The van der Waals surface area contributed by atoms with Gasteiger partial charge in [0.1, 0.15) is 5.82 Å². The Bertz CT molecular complexity index is 599. The van der Waals surface area contributed by atoms with Crippen LogP contribution in [0, 0.1) is 5.82 Å². The van der Waals surface area contributed by atoms with Crippen LogP contribution < -0.4 is 5.32 Å². The van der Waals surface area contributed by atoms with Crippen LogP contribution in [0.1, 0.15) is 15.9 Å². The van der Waals surface area contributed by atoms with E-state index in [0.717, 1.165) is 0 Å². The first-order valence-electron chi connectivity index (χ1n) is 5.56. The van der Waals surface area contributed by atoms with Crippen LogP contribution in [0.4, 0.5) is 10.1 Å². The predicted molar refractivity (Wildman–Crippen MR) is 74.4 cm³/mol. The second-order valence-electron chi connectivity index (χ2n) is 3.93. The summed E-state index contributed by atoms with van der Waals surface area (Å²) in [6.07, 6.45) is 0.